The summed E-state index contributed by atoms with van der Waals surface area (Å²) in [6.07, 6.45) is 0. The molecule has 0 heterocycles. The van der Waals surface area contributed by atoms with Gasteiger partial charge in [0.15, 0.2) is 0 Å². The molecule has 0 aliphatic carbocycles. The number of aliphatic hydroxyl groups excluding tert-OH is 2. The lowest BCUT2D eigenvalue weighted by atomic mass is 9.92. The van der Waals surface area contributed by atoms with E-state index in [4.69, 9.17) is 0 Å². The smallest absolute Gasteiger partial charge is 0.237 e. The number of nitrogens with one attached hydrogen (secondary N) is 1. The first-order valence-corrected chi connectivity index (χ1v) is 6.45. The Bertz CT molecular complexity index is 253. The van der Waals surface area contributed by atoms with Crippen LogP contribution >= 0.6 is 0 Å². The van der Waals surface area contributed by atoms with Crippen molar-refractivity contribution in [2.75, 3.05) is 33.4 Å². The summed E-state index contributed by atoms with van der Waals surface area (Å²) in [5.74, 6) is 0.399. The molecule has 0 aliphatic rings. The van der Waals surface area contributed by atoms with Crippen LogP contribution in [0.4, 0.5) is 0 Å². The third kappa shape index (κ3) is 5.80. The van der Waals surface area contributed by atoms with E-state index in [9.17, 15) is 15.0 Å². The van der Waals surface area contributed by atoms with Gasteiger partial charge in [-0.1, -0.05) is 20.8 Å². The van der Waals surface area contributed by atoms with Crippen molar-refractivity contribution in [3.05, 3.63) is 0 Å². The van der Waals surface area contributed by atoms with Crippen molar-refractivity contribution in [3.8, 4) is 0 Å². The maximum atomic E-state index is 11.9. The van der Waals surface area contributed by atoms with Crippen molar-refractivity contribution in [2.45, 2.75) is 33.7 Å². The van der Waals surface area contributed by atoms with Crippen LogP contribution in [0.5, 0.6) is 0 Å². The van der Waals surface area contributed by atoms with Crippen LogP contribution in [0.25, 0.3) is 0 Å². The molecule has 108 valence electrons. The van der Waals surface area contributed by atoms with Gasteiger partial charge in [-0.15, -0.1) is 0 Å². The van der Waals surface area contributed by atoms with Gasteiger partial charge in [-0.3, -0.25) is 9.69 Å². The molecule has 18 heavy (non-hydrogen) atoms. The van der Waals surface area contributed by atoms with Crippen molar-refractivity contribution in [1.29, 1.82) is 0 Å². The highest BCUT2D eigenvalue weighted by Crippen LogP contribution is 2.16. The van der Waals surface area contributed by atoms with Crippen LogP contribution < -0.4 is 5.32 Å². The van der Waals surface area contributed by atoms with Crippen LogP contribution in [0, 0.1) is 11.3 Å². The predicted molar refractivity (Wildman–Crippen MR) is 72.2 cm³/mol. The fourth-order valence-corrected chi connectivity index (χ4v) is 1.54. The van der Waals surface area contributed by atoms with Gasteiger partial charge in [-0.2, -0.15) is 0 Å². The van der Waals surface area contributed by atoms with E-state index in [0.717, 1.165) is 0 Å². The second-order valence-corrected chi connectivity index (χ2v) is 5.86. The van der Waals surface area contributed by atoms with E-state index >= 15 is 0 Å². The predicted octanol–water partition coefficient (Wildman–Crippen LogP) is 0.0698. The summed E-state index contributed by atoms with van der Waals surface area (Å²) in [6.45, 7) is 8.63. The topological polar surface area (TPSA) is 72.8 Å². The third-order valence-electron chi connectivity index (χ3n) is 3.12. The van der Waals surface area contributed by atoms with Crippen LogP contribution in [0.1, 0.15) is 27.7 Å². The zero-order valence-electron chi connectivity index (χ0n) is 12.2. The molecule has 0 fully saturated rings. The first kappa shape index (κ1) is 17.4. The molecular weight excluding hydrogens is 232 g/mol. The zero-order valence-corrected chi connectivity index (χ0v) is 12.2. The molecule has 0 radical (unpaired) electrons. The molecule has 0 saturated carbocycles. The first-order valence-electron chi connectivity index (χ1n) is 6.45. The van der Waals surface area contributed by atoms with Crippen LogP contribution in [0.15, 0.2) is 0 Å². The Balaban J connectivity index is 4.32. The van der Waals surface area contributed by atoms with E-state index < -0.39 is 5.41 Å². The SMILES string of the molecule is CC(C)CNC(=O)C(C)N(C)CC(C)(CO)CO. The van der Waals surface area contributed by atoms with Crippen LogP contribution in [0.2, 0.25) is 0 Å². The molecule has 0 spiro atoms. The summed E-state index contributed by atoms with van der Waals surface area (Å²) in [5.41, 5.74) is -0.582. The maximum absolute atomic E-state index is 11.9. The Kier molecular flexibility index (Phi) is 7.43. The maximum Gasteiger partial charge on any atom is 0.237 e. The second kappa shape index (κ2) is 7.71. The van der Waals surface area contributed by atoms with Crippen molar-refractivity contribution in [3.63, 3.8) is 0 Å². The Morgan fingerprint density at radius 3 is 2.17 bits per heavy atom. The highest BCUT2D eigenvalue weighted by Gasteiger charge is 2.28. The summed E-state index contributed by atoms with van der Waals surface area (Å²) in [4.78, 5) is 13.7. The molecule has 1 unspecified atom stereocenters. The zero-order chi connectivity index (χ0) is 14.3. The molecule has 0 aliphatic heterocycles. The first-order chi connectivity index (χ1) is 8.25. The molecule has 0 rings (SSSR count). The number of hydrogen-bond acceptors (Lipinski definition) is 4. The number of rotatable bonds is 8. The summed E-state index contributed by atoms with van der Waals surface area (Å²) in [6, 6.07) is -0.277. The molecule has 0 saturated heterocycles. The van der Waals surface area contributed by atoms with Crippen molar-refractivity contribution in [1.82, 2.24) is 10.2 Å². The lowest BCUT2D eigenvalue weighted by Gasteiger charge is -2.33. The lowest BCUT2D eigenvalue weighted by molar-refractivity contribution is -0.126. The van der Waals surface area contributed by atoms with Crippen molar-refractivity contribution < 1.29 is 15.0 Å². The average Bonchev–Trinajstić information content (AvgIpc) is 2.34. The number of hydrogen-bond donors (Lipinski definition) is 3. The fraction of sp³-hybridized carbons (Fsp3) is 0.923. The molecule has 3 N–H and O–H groups in total. The largest absolute Gasteiger partial charge is 0.396 e. The Morgan fingerprint density at radius 2 is 1.78 bits per heavy atom. The molecule has 5 heteroatoms. The van der Waals surface area contributed by atoms with Crippen LogP contribution in [-0.4, -0.2) is 60.4 Å². The molecule has 0 aromatic carbocycles. The molecular formula is C13H28N2O3. The van der Waals surface area contributed by atoms with E-state index in [1.54, 1.807) is 6.92 Å². The normalized spacial score (nSPS) is 14.1. The number of amides is 1. The number of carbonyl (C=O) groups excluding carboxylic acids is 1. The minimum absolute atomic E-state index is 0.0237. The minimum Gasteiger partial charge on any atom is -0.396 e. The van der Waals surface area contributed by atoms with Gasteiger partial charge in [0.05, 0.1) is 19.3 Å². The molecule has 1 amide bonds. The lowest BCUT2D eigenvalue weighted by Crippen LogP contribution is -2.49. The van der Waals surface area contributed by atoms with Crippen molar-refractivity contribution in [2.24, 2.45) is 11.3 Å². The average molecular weight is 260 g/mol. The van der Waals surface area contributed by atoms with Gasteiger partial charge in [-0.05, 0) is 19.9 Å². The highest BCUT2D eigenvalue weighted by atomic mass is 16.3. The van der Waals surface area contributed by atoms with Gasteiger partial charge < -0.3 is 15.5 Å². The van der Waals surface area contributed by atoms with Gasteiger partial charge in [-0.25, -0.2) is 0 Å². The Hall–Kier alpha value is -0.650. The monoisotopic (exact) mass is 260 g/mol. The van der Waals surface area contributed by atoms with Gasteiger partial charge in [0.2, 0.25) is 5.91 Å². The fourth-order valence-electron chi connectivity index (χ4n) is 1.54. The molecule has 0 bridgehead atoms. The number of carbonyl (C=O) groups is 1. The summed E-state index contributed by atoms with van der Waals surface area (Å²) in [7, 11) is 1.82. The van der Waals surface area contributed by atoms with Gasteiger partial charge in [0.1, 0.15) is 0 Å². The number of likely N-dealkylation sites (N-methyl/N-ethyl adjacent to an activating group) is 1. The summed E-state index contributed by atoms with van der Waals surface area (Å²) < 4.78 is 0. The van der Waals surface area contributed by atoms with Gasteiger partial charge in [0, 0.05) is 18.5 Å². The van der Waals surface area contributed by atoms with E-state index in [1.807, 2.05) is 32.7 Å². The third-order valence-corrected chi connectivity index (χ3v) is 3.12. The molecule has 0 aromatic heterocycles. The molecule has 5 nitrogen and oxygen atoms in total. The van der Waals surface area contributed by atoms with E-state index in [-0.39, 0.29) is 25.2 Å². The Morgan fingerprint density at radius 1 is 1.28 bits per heavy atom. The summed E-state index contributed by atoms with van der Waals surface area (Å²) >= 11 is 0. The van der Waals surface area contributed by atoms with E-state index in [0.29, 0.717) is 19.0 Å². The highest BCUT2D eigenvalue weighted by molar-refractivity contribution is 5.81. The quantitative estimate of drug-likeness (QED) is 0.577. The molecule has 0 aromatic rings. The van der Waals surface area contributed by atoms with Crippen LogP contribution in [-0.2, 0) is 4.79 Å². The second-order valence-electron chi connectivity index (χ2n) is 5.86. The van der Waals surface area contributed by atoms with Gasteiger partial charge in [0.25, 0.3) is 0 Å². The number of aliphatic hydroxyl groups is 2. The Labute approximate surface area is 110 Å². The minimum atomic E-state index is -0.582. The molecule has 1 atom stereocenters. The standard InChI is InChI=1S/C13H28N2O3/c1-10(2)6-14-12(18)11(3)15(5)7-13(4,8-16)9-17/h10-11,16-17H,6-9H2,1-5H3,(H,14,18). The van der Waals surface area contributed by atoms with Gasteiger partial charge >= 0.3 is 0 Å². The van der Waals surface area contributed by atoms with E-state index in [1.165, 1.54) is 0 Å². The van der Waals surface area contributed by atoms with Crippen LogP contribution in [0.3, 0.4) is 0 Å². The van der Waals surface area contributed by atoms with Crippen molar-refractivity contribution >= 4 is 5.91 Å². The van der Waals surface area contributed by atoms with E-state index in [2.05, 4.69) is 5.32 Å². The number of nitrogens with zero attached hydrogens (tertiary/aromatic N) is 1. The summed E-state index contributed by atoms with van der Waals surface area (Å²) in [5, 5.41) is 21.4.